The first kappa shape index (κ1) is 18.9. The van der Waals surface area contributed by atoms with Crippen molar-refractivity contribution in [1.29, 1.82) is 0 Å². The molecular weight excluding hydrogens is 381 g/mol. The SMILES string of the molecule is Cl.Fc1ccccc1OCc1ccc(-c2noc(C3CC34CCNC4)n2)cc1. The van der Waals surface area contributed by atoms with Crippen molar-refractivity contribution in [3.05, 3.63) is 65.8 Å². The van der Waals surface area contributed by atoms with E-state index in [0.717, 1.165) is 36.5 Å². The molecule has 0 radical (unpaired) electrons. The third-order valence-corrected chi connectivity index (χ3v) is 5.65. The second kappa shape index (κ2) is 7.53. The second-order valence-electron chi connectivity index (χ2n) is 7.42. The topological polar surface area (TPSA) is 60.2 Å². The first-order valence-electron chi connectivity index (χ1n) is 9.24. The van der Waals surface area contributed by atoms with Crippen LogP contribution < -0.4 is 10.1 Å². The first-order valence-corrected chi connectivity index (χ1v) is 9.24. The predicted octanol–water partition coefficient (Wildman–Crippen LogP) is 4.34. The molecule has 146 valence electrons. The molecule has 2 heterocycles. The summed E-state index contributed by atoms with van der Waals surface area (Å²) >= 11 is 0. The van der Waals surface area contributed by atoms with E-state index in [0.29, 0.717) is 23.8 Å². The van der Waals surface area contributed by atoms with Crippen molar-refractivity contribution in [2.45, 2.75) is 25.4 Å². The summed E-state index contributed by atoms with van der Waals surface area (Å²) in [6.07, 6.45) is 2.32. The van der Waals surface area contributed by atoms with Crippen LogP contribution in [0.25, 0.3) is 11.4 Å². The van der Waals surface area contributed by atoms with E-state index in [1.54, 1.807) is 18.2 Å². The fourth-order valence-electron chi connectivity index (χ4n) is 3.90. The van der Waals surface area contributed by atoms with Gasteiger partial charge in [-0.2, -0.15) is 4.98 Å². The smallest absolute Gasteiger partial charge is 0.230 e. The normalized spacial score (nSPS) is 22.8. The average molecular weight is 402 g/mol. The zero-order chi connectivity index (χ0) is 18.3. The van der Waals surface area contributed by atoms with Gasteiger partial charge in [0.1, 0.15) is 6.61 Å². The maximum absolute atomic E-state index is 13.6. The van der Waals surface area contributed by atoms with Crippen LogP contribution in [0.4, 0.5) is 4.39 Å². The van der Waals surface area contributed by atoms with E-state index in [4.69, 9.17) is 9.26 Å². The molecule has 3 aromatic rings. The highest BCUT2D eigenvalue weighted by molar-refractivity contribution is 5.85. The van der Waals surface area contributed by atoms with Gasteiger partial charge in [-0.05, 0) is 42.5 Å². The maximum Gasteiger partial charge on any atom is 0.230 e. The van der Waals surface area contributed by atoms with Gasteiger partial charge in [0, 0.05) is 18.0 Å². The van der Waals surface area contributed by atoms with Gasteiger partial charge >= 0.3 is 0 Å². The van der Waals surface area contributed by atoms with Crippen LogP contribution in [-0.2, 0) is 6.61 Å². The molecule has 1 N–H and O–H groups in total. The standard InChI is InChI=1S/C21H20FN3O2.ClH/c22-17-3-1-2-4-18(17)26-12-14-5-7-15(8-6-14)19-24-20(27-25-19)16-11-21(16)9-10-23-13-21;/h1-8,16,23H,9-13H2;1H. The van der Waals surface area contributed by atoms with Crippen molar-refractivity contribution in [3.8, 4) is 17.1 Å². The van der Waals surface area contributed by atoms with Crippen LogP contribution in [-0.4, -0.2) is 23.2 Å². The largest absolute Gasteiger partial charge is 0.486 e. The molecule has 1 saturated carbocycles. The Labute approximate surface area is 168 Å². The van der Waals surface area contributed by atoms with Gasteiger partial charge in [0.2, 0.25) is 11.7 Å². The van der Waals surface area contributed by atoms with Gasteiger partial charge in [-0.3, -0.25) is 0 Å². The fraction of sp³-hybridized carbons (Fsp3) is 0.333. The number of nitrogens with zero attached hydrogens (tertiary/aromatic N) is 2. The third kappa shape index (κ3) is 3.50. The molecule has 1 aromatic heterocycles. The summed E-state index contributed by atoms with van der Waals surface area (Å²) in [7, 11) is 0. The first-order chi connectivity index (χ1) is 13.2. The zero-order valence-electron chi connectivity index (χ0n) is 15.2. The Bertz CT molecular complexity index is 954. The van der Waals surface area contributed by atoms with E-state index < -0.39 is 0 Å². The number of benzene rings is 2. The highest BCUT2D eigenvalue weighted by atomic mass is 35.5. The van der Waals surface area contributed by atoms with Gasteiger partial charge in [0.05, 0.1) is 0 Å². The van der Waals surface area contributed by atoms with E-state index in [9.17, 15) is 4.39 Å². The molecule has 7 heteroatoms. The minimum absolute atomic E-state index is 0. The van der Waals surface area contributed by atoms with Crippen molar-refractivity contribution >= 4 is 12.4 Å². The zero-order valence-corrected chi connectivity index (χ0v) is 16.0. The number of ether oxygens (including phenoxy) is 1. The van der Waals surface area contributed by atoms with Crippen molar-refractivity contribution in [3.63, 3.8) is 0 Å². The Morgan fingerprint density at radius 3 is 2.75 bits per heavy atom. The summed E-state index contributed by atoms with van der Waals surface area (Å²) in [6.45, 7) is 2.43. The van der Waals surface area contributed by atoms with Crippen LogP contribution in [0.1, 0.15) is 30.2 Å². The van der Waals surface area contributed by atoms with Gasteiger partial charge in [-0.15, -0.1) is 12.4 Å². The monoisotopic (exact) mass is 401 g/mol. The molecule has 0 amide bonds. The molecule has 0 bridgehead atoms. The number of para-hydroxylation sites is 1. The molecule has 1 spiro atoms. The highest BCUT2D eigenvalue weighted by Crippen LogP contribution is 2.62. The average Bonchev–Trinajstić information content (AvgIpc) is 3.03. The summed E-state index contributed by atoms with van der Waals surface area (Å²) < 4.78 is 24.7. The Kier molecular flexibility index (Phi) is 5.08. The van der Waals surface area contributed by atoms with Gasteiger partial charge in [-0.1, -0.05) is 41.6 Å². The molecule has 2 fully saturated rings. The number of aromatic nitrogens is 2. The molecule has 1 aliphatic heterocycles. The molecule has 1 saturated heterocycles. The lowest BCUT2D eigenvalue weighted by Crippen LogP contribution is -2.10. The fourth-order valence-corrected chi connectivity index (χ4v) is 3.90. The third-order valence-electron chi connectivity index (χ3n) is 5.65. The number of hydrogen-bond acceptors (Lipinski definition) is 5. The number of halogens is 2. The lowest BCUT2D eigenvalue weighted by molar-refractivity contribution is 0.290. The van der Waals surface area contributed by atoms with E-state index in [-0.39, 0.29) is 24.0 Å². The Morgan fingerprint density at radius 1 is 1.18 bits per heavy atom. The van der Waals surface area contributed by atoms with Crippen molar-refractivity contribution in [2.24, 2.45) is 5.41 Å². The molecule has 2 unspecified atom stereocenters. The molecular formula is C21H21ClFN3O2. The van der Waals surface area contributed by atoms with E-state index in [1.165, 1.54) is 12.5 Å². The lowest BCUT2D eigenvalue weighted by Gasteiger charge is -2.07. The lowest BCUT2D eigenvalue weighted by atomic mass is 10.0. The number of hydrogen-bond donors (Lipinski definition) is 1. The summed E-state index contributed by atoms with van der Waals surface area (Å²) in [6, 6.07) is 14.1. The minimum atomic E-state index is -0.358. The van der Waals surface area contributed by atoms with Crippen LogP contribution in [0.3, 0.4) is 0 Å². The highest BCUT2D eigenvalue weighted by Gasteiger charge is 2.58. The number of nitrogens with one attached hydrogen (secondary N) is 1. The van der Waals surface area contributed by atoms with Gasteiger partial charge in [0.15, 0.2) is 11.6 Å². The van der Waals surface area contributed by atoms with Crippen molar-refractivity contribution < 1.29 is 13.7 Å². The number of rotatable bonds is 5. The maximum atomic E-state index is 13.6. The van der Waals surface area contributed by atoms with Crippen LogP contribution >= 0.6 is 12.4 Å². The van der Waals surface area contributed by atoms with Gasteiger partial charge in [0.25, 0.3) is 0 Å². The molecule has 2 aromatic carbocycles. The van der Waals surface area contributed by atoms with Crippen LogP contribution in [0, 0.1) is 11.2 Å². The van der Waals surface area contributed by atoms with E-state index in [1.807, 2.05) is 24.3 Å². The summed E-state index contributed by atoms with van der Waals surface area (Å²) in [5.74, 6) is 1.65. The summed E-state index contributed by atoms with van der Waals surface area (Å²) in [4.78, 5) is 4.61. The van der Waals surface area contributed by atoms with Gasteiger partial charge in [-0.25, -0.2) is 4.39 Å². The molecule has 5 nitrogen and oxygen atoms in total. The van der Waals surface area contributed by atoms with Crippen molar-refractivity contribution in [2.75, 3.05) is 13.1 Å². The Hall–Kier alpha value is -2.44. The van der Waals surface area contributed by atoms with Gasteiger partial charge < -0.3 is 14.6 Å². The molecule has 28 heavy (non-hydrogen) atoms. The van der Waals surface area contributed by atoms with E-state index >= 15 is 0 Å². The van der Waals surface area contributed by atoms with E-state index in [2.05, 4.69) is 15.5 Å². The minimum Gasteiger partial charge on any atom is -0.486 e. The quantitative estimate of drug-likeness (QED) is 0.689. The van der Waals surface area contributed by atoms with Crippen LogP contribution in [0.2, 0.25) is 0 Å². The molecule has 2 atom stereocenters. The Balaban J connectivity index is 0.00000192. The second-order valence-corrected chi connectivity index (χ2v) is 7.42. The summed E-state index contributed by atoms with van der Waals surface area (Å²) in [5.41, 5.74) is 2.19. The molecule has 1 aliphatic carbocycles. The van der Waals surface area contributed by atoms with Crippen LogP contribution in [0.15, 0.2) is 53.1 Å². The molecule has 2 aliphatic rings. The summed E-state index contributed by atoms with van der Waals surface area (Å²) in [5, 5.41) is 7.57. The predicted molar refractivity (Wildman–Crippen MR) is 105 cm³/mol. The van der Waals surface area contributed by atoms with Crippen molar-refractivity contribution in [1.82, 2.24) is 15.5 Å². The molecule has 5 rings (SSSR count). The van der Waals surface area contributed by atoms with Crippen LogP contribution in [0.5, 0.6) is 5.75 Å². The Morgan fingerprint density at radius 2 is 2.00 bits per heavy atom.